The molecule has 1 amide bonds. The molecule has 2 aromatic carbocycles. The Kier molecular flexibility index (Phi) is 6.61. The second-order valence-corrected chi connectivity index (χ2v) is 8.50. The van der Waals surface area contributed by atoms with Crippen molar-refractivity contribution in [3.05, 3.63) is 71.8 Å². The van der Waals surface area contributed by atoms with Crippen molar-refractivity contribution in [2.24, 2.45) is 0 Å². The fourth-order valence-electron chi connectivity index (χ4n) is 2.95. The largest absolute Gasteiger partial charge is 0.379 e. The molecule has 3 rings (SSSR count). The molecule has 1 N–H and O–H groups in total. The Hall–Kier alpha value is -2.48. The Morgan fingerprint density at radius 3 is 2.36 bits per heavy atom. The summed E-state index contributed by atoms with van der Waals surface area (Å²) in [5.74, 6) is -0.207. The summed E-state index contributed by atoms with van der Waals surface area (Å²) in [6, 6.07) is 16.1. The summed E-state index contributed by atoms with van der Waals surface area (Å²) in [6.45, 7) is 3.48. The molecule has 0 radical (unpaired) electrons. The summed E-state index contributed by atoms with van der Waals surface area (Å²) in [6.07, 6.45) is 3.11. The van der Waals surface area contributed by atoms with Gasteiger partial charge in [-0.2, -0.15) is 4.31 Å². The predicted octanol–water partition coefficient (Wildman–Crippen LogP) is 2.60. The van der Waals surface area contributed by atoms with Crippen LogP contribution in [0, 0.1) is 0 Å². The molecule has 1 fully saturated rings. The van der Waals surface area contributed by atoms with Crippen molar-refractivity contribution in [1.29, 1.82) is 0 Å². The molecule has 1 unspecified atom stereocenters. The normalized spacial score (nSPS) is 16.8. The van der Waals surface area contributed by atoms with Crippen molar-refractivity contribution in [3.8, 4) is 0 Å². The average Bonchev–Trinajstić information content (AvgIpc) is 2.74. The number of rotatable bonds is 6. The van der Waals surface area contributed by atoms with Crippen LogP contribution in [-0.2, 0) is 19.6 Å². The summed E-state index contributed by atoms with van der Waals surface area (Å²) in [7, 11) is -3.51. The molecule has 0 saturated carbocycles. The number of hydrogen-bond donors (Lipinski definition) is 1. The number of amides is 1. The van der Waals surface area contributed by atoms with Gasteiger partial charge in [-0.25, -0.2) is 8.42 Å². The SMILES string of the molecule is CC(NC(=O)/C=C/c1ccc(S(=O)(=O)N2CCOCC2)cc1)c1ccccc1. The molecule has 28 heavy (non-hydrogen) atoms. The molecule has 1 saturated heterocycles. The number of nitrogens with one attached hydrogen (secondary N) is 1. The molecule has 0 aliphatic carbocycles. The minimum atomic E-state index is -3.51. The minimum absolute atomic E-state index is 0.0978. The Bertz CT molecular complexity index is 919. The predicted molar refractivity (Wildman–Crippen MR) is 108 cm³/mol. The highest BCUT2D eigenvalue weighted by atomic mass is 32.2. The van der Waals surface area contributed by atoms with Crippen molar-refractivity contribution in [2.45, 2.75) is 17.9 Å². The van der Waals surface area contributed by atoms with Crippen molar-refractivity contribution >= 4 is 22.0 Å². The number of sulfonamides is 1. The van der Waals surface area contributed by atoms with Gasteiger partial charge in [0.05, 0.1) is 24.2 Å². The lowest BCUT2D eigenvalue weighted by molar-refractivity contribution is -0.117. The average molecular weight is 401 g/mol. The van der Waals surface area contributed by atoms with Gasteiger partial charge >= 0.3 is 0 Å². The molecule has 2 aromatic rings. The number of ether oxygens (including phenoxy) is 1. The first-order chi connectivity index (χ1) is 13.5. The second-order valence-electron chi connectivity index (χ2n) is 6.56. The second kappa shape index (κ2) is 9.14. The van der Waals surface area contributed by atoms with Crippen LogP contribution in [0.3, 0.4) is 0 Å². The molecule has 7 heteroatoms. The third-order valence-electron chi connectivity index (χ3n) is 4.57. The molecule has 148 valence electrons. The Morgan fingerprint density at radius 1 is 1.07 bits per heavy atom. The molecule has 0 aromatic heterocycles. The highest BCUT2D eigenvalue weighted by Gasteiger charge is 2.25. The van der Waals surface area contributed by atoms with E-state index in [0.717, 1.165) is 11.1 Å². The molecule has 1 aliphatic rings. The van der Waals surface area contributed by atoms with Crippen molar-refractivity contribution in [2.75, 3.05) is 26.3 Å². The third-order valence-corrected chi connectivity index (χ3v) is 6.49. The van der Waals surface area contributed by atoms with Crippen LogP contribution in [-0.4, -0.2) is 44.9 Å². The summed E-state index contributed by atoms with van der Waals surface area (Å²) >= 11 is 0. The maximum absolute atomic E-state index is 12.6. The van der Waals surface area contributed by atoms with Crippen molar-refractivity contribution in [3.63, 3.8) is 0 Å². The maximum atomic E-state index is 12.6. The van der Waals surface area contributed by atoms with Crippen LogP contribution in [0.25, 0.3) is 6.08 Å². The van der Waals surface area contributed by atoms with E-state index in [9.17, 15) is 13.2 Å². The number of hydrogen-bond acceptors (Lipinski definition) is 4. The van der Waals surface area contributed by atoms with E-state index >= 15 is 0 Å². The molecule has 0 spiro atoms. The van der Waals surface area contributed by atoms with Gasteiger partial charge in [0.2, 0.25) is 15.9 Å². The van der Waals surface area contributed by atoms with E-state index < -0.39 is 10.0 Å². The zero-order valence-electron chi connectivity index (χ0n) is 15.7. The molecule has 1 aliphatic heterocycles. The number of carbonyl (C=O) groups excluding carboxylic acids is 1. The van der Waals surface area contributed by atoms with Crippen molar-refractivity contribution < 1.29 is 17.9 Å². The minimum Gasteiger partial charge on any atom is -0.379 e. The first-order valence-electron chi connectivity index (χ1n) is 9.18. The Labute approximate surface area is 165 Å². The van der Waals surface area contributed by atoms with E-state index in [1.165, 1.54) is 10.4 Å². The lowest BCUT2D eigenvalue weighted by atomic mass is 10.1. The lowest BCUT2D eigenvalue weighted by Crippen LogP contribution is -2.40. The summed E-state index contributed by atoms with van der Waals surface area (Å²) in [5, 5.41) is 2.90. The third kappa shape index (κ3) is 5.07. The quantitative estimate of drug-likeness (QED) is 0.757. The monoisotopic (exact) mass is 400 g/mol. The molecule has 6 nitrogen and oxygen atoms in total. The van der Waals surface area contributed by atoms with Gasteiger partial charge in [0.1, 0.15) is 0 Å². The molecular weight excluding hydrogens is 376 g/mol. The van der Waals surface area contributed by atoms with Crippen LogP contribution >= 0.6 is 0 Å². The van der Waals surface area contributed by atoms with Gasteiger partial charge in [-0.15, -0.1) is 0 Å². The van der Waals surface area contributed by atoms with Crippen molar-refractivity contribution in [1.82, 2.24) is 9.62 Å². The zero-order chi connectivity index (χ0) is 20.0. The highest BCUT2D eigenvalue weighted by Crippen LogP contribution is 2.18. The van der Waals surface area contributed by atoms with E-state index in [2.05, 4.69) is 5.32 Å². The van der Waals surface area contributed by atoms with Gasteiger partial charge in [-0.3, -0.25) is 4.79 Å². The fourth-order valence-corrected chi connectivity index (χ4v) is 4.35. The standard InChI is InChI=1S/C21H24N2O4S/c1-17(19-5-3-2-4-6-19)22-21(24)12-9-18-7-10-20(11-8-18)28(25,26)23-13-15-27-16-14-23/h2-12,17H,13-16H2,1H3,(H,22,24)/b12-9+. The van der Waals surface area contributed by atoms with E-state index in [0.29, 0.717) is 26.3 Å². The van der Waals surface area contributed by atoms with Gasteiger partial charge < -0.3 is 10.1 Å². The van der Waals surface area contributed by atoms with Gasteiger partial charge in [-0.1, -0.05) is 42.5 Å². The smallest absolute Gasteiger partial charge is 0.244 e. The lowest BCUT2D eigenvalue weighted by Gasteiger charge is -2.26. The topological polar surface area (TPSA) is 75.7 Å². The summed E-state index contributed by atoms with van der Waals surface area (Å²) < 4.78 is 31.9. The maximum Gasteiger partial charge on any atom is 0.244 e. The first-order valence-corrected chi connectivity index (χ1v) is 10.6. The number of nitrogens with zero attached hydrogens (tertiary/aromatic N) is 1. The van der Waals surface area contributed by atoms with Crippen LogP contribution < -0.4 is 5.32 Å². The highest BCUT2D eigenvalue weighted by molar-refractivity contribution is 7.89. The Morgan fingerprint density at radius 2 is 1.71 bits per heavy atom. The van der Waals surface area contributed by atoms with Gasteiger partial charge in [0.15, 0.2) is 0 Å². The van der Waals surface area contributed by atoms with Gasteiger partial charge in [-0.05, 0) is 36.3 Å². The van der Waals surface area contributed by atoms with Crippen LogP contribution in [0.5, 0.6) is 0 Å². The number of benzene rings is 2. The fraction of sp³-hybridized carbons (Fsp3) is 0.286. The van der Waals surface area contributed by atoms with E-state index in [-0.39, 0.29) is 16.8 Å². The van der Waals surface area contributed by atoms with E-state index in [1.54, 1.807) is 30.3 Å². The van der Waals surface area contributed by atoms with E-state index in [1.807, 2.05) is 37.3 Å². The van der Waals surface area contributed by atoms with E-state index in [4.69, 9.17) is 4.74 Å². The van der Waals surface area contributed by atoms with Crippen LogP contribution in [0.4, 0.5) is 0 Å². The molecular formula is C21H24N2O4S. The molecule has 1 atom stereocenters. The van der Waals surface area contributed by atoms with Crippen LogP contribution in [0.1, 0.15) is 24.1 Å². The van der Waals surface area contributed by atoms with Crippen LogP contribution in [0.15, 0.2) is 65.6 Å². The number of carbonyl (C=O) groups is 1. The van der Waals surface area contributed by atoms with Gasteiger partial charge in [0.25, 0.3) is 0 Å². The molecule has 1 heterocycles. The van der Waals surface area contributed by atoms with Gasteiger partial charge in [0, 0.05) is 19.2 Å². The summed E-state index contributed by atoms with van der Waals surface area (Å²) in [4.78, 5) is 12.4. The molecule has 0 bridgehead atoms. The first kappa shape index (κ1) is 20.3. The van der Waals surface area contributed by atoms with Crippen LogP contribution in [0.2, 0.25) is 0 Å². The Balaban J connectivity index is 1.61. The zero-order valence-corrected chi connectivity index (χ0v) is 16.6. The number of morpholine rings is 1. The summed E-state index contributed by atoms with van der Waals surface area (Å²) in [5.41, 5.74) is 1.78.